The molecule has 0 saturated heterocycles. The Hall–Kier alpha value is -1.16. The number of nitrogens with zero attached hydrogens (tertiary/aromatic N) is 2. The van der Waals surface area contributed by atoms with Crippen molar-refractivity contribution in [3.63, 3.8) is 0 Å². The van der Waals surface area contributed by atoms with Crippen LogP contribution < -0.4 is 5.32 Å². The van der Waals surface area contributed by atoms with Gasteiger partial charge in [-0.15, -0.1) is 0 Å². The van der Waals surface area contributed by atoms with Gasteiger partial charge in [0.1, 0.15) is 11.9 Å². The Bertz CT molecular complexity index is 414. The molecular formula is C15H25N3O. The Balaban J connectivity index is 2.40. The van der Waals surface area contributed by atoms with Gasteiger partial charge in [-0.3, -0.25) is 0 Å². The zero-order chi connectivity index (χ0) is 13.8. The SMILES string of the molecule is CCOC(c1nc2c(c(NC)n1)CCCC2)C(C)C. The molecule has 4 heteroatoms. The van der Waals surface area contributed by atoms with Crippen LogP contribution in [0.25, 0.3) is 0 Å². The Morgan fingerprint density at radius 1 is 1.21 bits per heavy atom. The average Bonchev–Trinajstić information content (AvgIpc) is 2.43. The first-order valence-corrected chi connectivity index (χ1v) is 7.36. The highest BCUT2D eigenvalue weighted by Gasteiger charge is 2.23. The molecule has 1 unspecified atom stereocenters. The van der Waals surface area contributed by atoms with Crippen molar-refractivity contribution < 1.29 is 4.74 Å². The molecule has 106 valence electrons. The van der Waals surface area contributed by atoms with Gasteiger partial charge in [-0.2, -0.15) is 0 Å². The largest absolute Gasteiger partial charge is 0.373 e. The number of hydrogen-bond donors (Lipinski definition) is 1. The molecule has 1 aliphatic rings. The minimum absolute atomic E-state index is 0.00988. The first-order valence-electron chi connectivity index (χ1n) is 7.36. The van der Waals surface area contributed by atoms with E-state index in [-0.39, 0.29) is 6.10 Å². The molecule has 1 aliphatic carbocycles. The second kappa shape index (κ2) is 6.33. The van der Waals surface area contributed by atoms with Crippen LogP contribution in [0, 0.1) is 5.92 Å². The molecule has 0 saturated carbocycles. The smallest absolute Gasteiger partial charge is 0.160 e. The van der Waals surface area contributed by atoms with E-state index in [0.717, 1.165) is 24.5 Å². The molecule has 1 aromatic heterocycles. The van der Waals surface area contributed by atoms with E-state index in [0.29, 0.717) is 12.5 Å². The molecular weight excluding hydrogens is 238 g/mol. The van der Waals surface area contributed by atoms with Crippen molar-refractivity contribution in [3.8, 4) is 0 Å². The number of aromatic nitrogens is 2. The van der Waals surface area contributed by atoms with Gasteiger partial charge in [-0.25, -0.2) is 9.97 Å². The molecule has 0 amide bonds. The van der Waals surface area contributed by atoms with Gasteiger partial charge in [0.15, 0.2) is 5.82 Å². The van der Waals surface area contributed by atoms with Crippen molar-refractivity contribution >= 4 is 5.82 Å². The maximum atomic E-state index is 5.83. The van der Waals surface area contributed by atoms with E-state index >= 15 is 0 Å². The summed E-state index contributed by atoms with van der Waals surface area (Å²) in [5.41, 5.74) is 2.52. The molecule has 19 heavy (non-hydrogen) atoms. The number of aryl methyl sites for hydroxylation is 1. The quantitative estimate of drug-likeness (QED) is 0.886. The predicted molar refractivity (Wildman–Crippen MR) is 77.4 cm³/mol. The van der Waals surface area contributed by atoms with E-state index in [4.69, 9.17) is 14.7 Å². The van der Waals surface area contributed by atoms with E-state index in [9.17, 15) is 0 Å². The summed E-state index contributed by atoms with van der Waals surface area (Å²) >= 11 is 0. The number of anilines is 1. The van der Waals surface area contributed by atoms with Gasteiger partial charge in [-0.05, 0) is 38.5 Å². The molecule has 0 fully saturated rings. The minimum atomic E-state index is -0.00988. The van der Waals surface area contributed by atoms with Gasteiger partial charge < -0.3 is 10.1 Å². The first kappa shape index (κ1) is 14.3. The lowest BCUT2D eigenvalue weighted by Gasteiger charge is -2.24. The standard InChI is InChI=1S/C15H25N3O/c1-5-19-13(10(2)3)15-17-12-9-7-6-8-11(12)14(16-4)18-15/h10,13H,5-9H2,1-4H3,(H,16,17,18). The fraction of sp³-hybridized carbons (Fsp3) is 0.733. The van der Waals surface area contributed by atoms with Crippen LogP contribution in [0.4, 0.5) is 5.82 Å². The Morgan fingerprint density at radius 2 is 1.95 bits per heavy atom. The lowest BCUT2D eigenvalue weighted by atomic mass is 9.95. The molecule has 0 radical (unpaired) electrons. The van der Waals surface area contributed by atoms with Crippen molar-refractivity contribution in [2.45, 2.75) is 52.6 Å². The van der Waals surface area contributed by atoms with Crippen LogP contribution in [0.15, 0.2) is 0 Å². The van der Waals surface area contributed by atoms with Crippen molar-refractivity contribution in [1.82, 2.24) is 9.97 Å². The van der Waals surface area contributed by atoms with Crippen molar-refractivity contribution in [1.29, 1.82) is 0 Å². The van der Waals surface area contributed by atoms with Gasteiger partial charge >= 0.3 is 0 Å². The lowest BCUT2D eigenvalue weighted by Crippen LogP contribution is -2.19. The molecule has 0 aromatic carbocycles. The third-order valence-electron chi connectivity index (χ3n) is 3.64. The number of fused-ring (bicyclic) bond motifs is 1. The summed E-state index contributed by atoms with van der Waals surface area (Å²) in [6.45, 7) is 7.02. The van der Waals surface area contributed by atoms with Crippen LogP contribution in [0.3, 0.4) is 0 Å². The molecule has 4 nitrogen and oxygen atoms in total. The Labute approximate surface area is 116 Å². The third kappa shape index (κ3) is 3.06. The summed E-state index contributed by atoms with van der Waals surface area (Å²) in [6, 6.07) is 0. The highest BCUT2D eigenvalue weighted by Crippen LogP contribution is 2.29. The number of nitrogens with one attached hydrogen (secondary N) is 1. The Morgan fingerprint density at radius 3 is 2.58 bits per heavy atom. The zero-order valence-corrected chi connectivity index (χ0v) is 12.5. The summed E-state index contributed by atoms with van der Waals surface area (Å²) in [5, 5.41) is 3.22. The monoisotopic (exact) mass is 263 g/mol. The predicted octanol–water partition coefficient (Wildman–Crippen LogP) is 3.13. The highest BCUT2D eigenvalue weighted by atomic mass is 16.5. The molecule has 1 N–H and O–H groups in total. The number of rotatable bonds is 5. The second-order valence-corrected chi connectivity index (χ2v) is 5.43. The zero-order valence-electron chi connectivity index (χ0n) is 12.5. The number of hydrogen-bond acceptors (Lipinski definition) is 4. The van der Waals surface area contributed by atoms with Crippen molar-refractivity contribution in [3.05, 3.63) is 17.1 Å². The van der Waals surface area contributed by atoms with Crippen LogP contribution in [-0.2, 0) is 17.6 Å². The summed E-state index contributed by atoms with van der Waals surface area (Å²) in [7, 11) is 1.94. The van der Waals surface area contributed by atoms with Crippen molar-refractivity contribution in [2.75, 3.05) is 19.0 Å². The van der Waals surface area contributed by atoms with Crippen LogP contribution in [-0.4, -0.2) is 23.6 Å². The number of ether oxygens (including phenoxy) is 1. The molecule has 0 spiro atoms. The summed E-state index contributed by atoms with van der Waals surface area (Å²) < 4.78 is 5.83. The molecule has 1 heterocycles. The fourth-order valence-electron chi connectivity index (χ4n) is 2.69. The molecule has 0 aliphatic heterocycles. The lowest BCUT2D eigenvalue weighted by molar-refractivity contribution is 0.0231. The van der Waals surface area contributed by atoms with Gasteiger partial charge in [0, 0.05) is 24.9 Å². The van der Waals surface area contributed by atoms with Crippen LogP contribution in [0.1, 0.15) is 56.8 Å². The highest BCUT2D eigenvalue weighted by molar-refractivity contribution is 5.47. The van der Waals surface area contributed by atoms with Gasteiger partial charge in [0.2, 0.25) is 0 Å². The Kier molecular flexibility index (Phi) is 4.75. The van der Waals surface area contributed by atoms with E-state index in [1.54, 1.807) is 0 Å². The van der Waals surface area contributed by atoms with Crippen molar-refractivity contribution in [2.24, 2.45) is 5.92 Å². The van der Waals surface area contributed by atoms with Crippen LogP contribution >= 0.6 is 0 Å². The van der Waals surface area contributed by atoms with Crippen LogP contribution in [0.2, 0.25) is 0 Å². The first-order chi connectivity index (χ1) is 9.17. The summed E-state index contributed by atoms with van der Waals surface area (Å²) in [4.78, 5) is 9.48. The summed E-state index contributed by atoms with van der Waals surface area (Å²) in [5.74, 6) is 2.21. The maximum Gasteiger partial charge on any atom is 0.160 e. The third-order valence-corrected chi connectivity index (χ3v) is 3.64. The normalized spacial score (nSPS) is 16.3. The fourth-order valence-corrected chi connectivity index (χ4v) is 2.69. The van der Waals surface area contributed by atoms with E-state index in [1.807, 2.05) is 14.0 Å². The minimum Gasteiger partial charge on any atom is -0.373 e. The van der Waals surface area contributed by atoms with Crippen LogP contribution in [0.5, 0.6) is 0 Å². The molecule has 1 atom stereocenters. The molecule has 0 bridgehead atoms. The molecule has 2 rings (SSSR count). The van der Waals surface area contributed by atoms with E-state index in [2.05, 4.69) is 19.2 Å². The average molecular weight is 263 g/mol. The maximum absolute atomic E-state index is 5.83. The van der Waals surface area contributed by atoms with Gasteiger partial charge in [0.25, 0.3) is 0 Å². The summed E-state index contributed by atoms with van der Waals surface area (Å²) in [6.07, 6.45) is 4.62. The van der Waals surface area contributed by atoms with E-state index < -0.39 is 0 Å². The van der Waals surface area contributed by atoms with E-state index in [1.165, 1.54) is 24.1 Å². The molecule has 1 aromatic rings. The topological polar surface area (TPSA) is 47.0 Å². The second-order valence-electron chi connectivity index (χ2n) is 5.43. The van der Waals surface area contributed by atoms with Gasteiger partial charge in [0.05, 0.1) is 0 Å². The van der Waals surface area contributed by atoms with Gasteiger partial charge in [-0.1, -0.05) is 13.8 Å².